The van der Waals surface area contributed by atoms with Crippen molar-refractivity contribution in [3.63, 3.8) is 0 Å². The fourth-order valence-electron chi connectivity index (χ4n) is 2.69. The van der Waals surface area contributed by atoms with E-state index in [0.717, 1.165) is 24.0 Å². The summed E-state index contributed by atoms with van der Waals surface area (Å²) in [5, 5.41) is 12.9. The molecule has 0 spiro atoms. The second kappa shape index (κ2) is 5.83. The third-order valence-corrected chi connectivity index (χ3v) is 3.69. The lowest BCUT2D eigenvalue weighted by Crippen LogP contribution is -2.54. The van der Waals surface area contributed by atoms with E-state index in [0.29, 0.717) is 6.42 Å². The number of aryl methyl sites for hydroxylation is 1. The summed E-state index contributed by atoms with van der Waals surface area (Å²) in [4.78, 5) is 12.3. The molecule has 0 aromatic heterocycles. The molecule has 2 N–H and O–H groups in total. The summed E-state index contributed by atoms with van der Waals surface area (Å²) in [5.74, 6) is -0.100. The maximum absolute atomic E-state index is 12.3. The Kier molecular flexibility index (Phi) is 4.91. The van der Waals surface area contributed by atoms with E-state index >= 15 is 0 Å². The van der Waals surface area contributed by atoms with Gasteiger partial charge in [0, 0.05) is 0 Å². The van der Waals surface area contributed by atoms with Gasteiger partial charge in [0.05, 0.1) is 0 Å². The van der Waals surface area contributed by atoms with Crippen LogP contribution in [-0.2, 0) is 10.3 Å². The SMILES string of the molecule is CNC1(c2cccc(C)c2)CCCC(O)C1=O.Cl. The molecule has 18 heavy (non-hydrogen) atoms. The average Bonchev–Trinajstić information content (AvgIpc) is 2.33. The van der Waals surface area contributed by atoms with Crippen LogP contribution in [-0.4, -0.2) is 24.0 Å². The van der Waals surface area contributed by atoms with Crippen LogP contribution in [0, 0.1) is 6.92 Å². The van der Waals surface area contributed by atoms with Crippen molar-refractivity contribution < 1.29 is 9.90 Å². The van der Waals surface area contributed by atoms with Gasteiger partial charge in [0.2, 0.25) is 0 Å². The summed E-state index contributed by atoms with van der Waals surface area (Å²) >= 11 is 0. The number of halogens is 1. The Bertz CT molecular complexity index is 436. The smallest absolute Gasteiger partial charge is 0.185 e. The lowest BCUT2D eigenvalue weighted by atomic mass is 9.74. The van der Waals surface area contributed by atoms with Crippen molar-refractivity contribution in [3.05, 3.63) is 35.4 Å². The zero-order valence-corrected chi connectivity index (χ0v) is 11.6. The molecule has 2 unspecified atom stereocenters. The van der Waals surface area contributed by atoms with Crippen LogP contribution in [0.15, 0.2) is 24.3 Å². The van der Waals surface area contributed by atoms with E-state index in [1.165, 1.54) is 0 Å². The largest absolute Gasteiger partial charge is 0.385 e. The van der Waals surface area contributed by atoms with Crippen molar-refractivity contribution in [1.82, 2.24) is 5.32 Å². The van der Waals surface area contributed by atoms with Gasteiger partial charge in [0.25, 0.3) is 0 Å². The number of hydrogen-bond donors (Lipinski definition) is 2. The summed E-state index contributed by atoms with van der Waals surface area (Å²) in [6, 6.07) is 7.94. The van der Waals surface area contributed by atoms with Crippen molar-refractivity contribution in [2.75, 3.05) is 7.05 Å². The summed E-state index contributed by atoms with van der Waals surface area (Å²) in [6.45, 7) is 2.01. The summed E-state index contributed by atoms with van der Waals surface area (Å²) in [7, 11) is 1.79. The molecule has 1 aromatic rings. The van der Waals surface area contributed by atoms with Gasteiger partial charge in [-0.1, -0.05) is 29.8 Å². The second-order valence-corrected chi connectivity index (χ2v) is 4.80. The molecular weight excluding hydrogens is 250 g/mol. The zero-order chi connectivity index (χ0) is 12.5. The predicted molar refractivity (Wildman–Crippen MR) is 74.0 cm³/mol. The van der Waals surface area contributed by atoms with Gasteiger partial charge in [0.1, 0.15) is 11.6 Å². The highest BCUT2D eigenvalue weighted by molar-refractivity contribution is 5.93. The molecule has 4 heteroatoms. The molecule has 3 nitrogen and oxygen atoms in total. The van der Waals surface area contributed by atoms with Crippen LogP contribution in [0.2, 0.25) is 0 Å². The first-order valence-corrected chi connectivity index (χ1v) is 6.08. The first kappa shape index (κ1) is 15.2. The number of hydrogen-bond acceptors (Lipinski definition) is 3. The maximum Gasteiger partial charge on any atom is 0.185 e. The number of nitrogens with one attached hydrogen (secondary N) is 1. The molecule has 2 atom stereocenters. The Balaban J connectivity index is 0.00000162. The van der Waals surface area contributed by atoms with E-state index in [1.807, 2.05) is 31.2 Å². The maximum atomic E-state index is 12.3. The molecule has 0 radical (unpaired) electrons. The highest BCUT2D eigenvalue weighted by atomic mass is 35.5. The minimum Gasteiger partial charge on any atom is -0.385 e. The summed E-state index contributed by atoms with van der Waals surface area (Å²) in [6.07, 6.45) is 1.36. The number of rotatable bonds is 2. The van der Waals surface area contributed by atoms with Crippen LogP contribution in [0.25, 0.3) is 0 Å². The van der Waals surface area contributed by atoms with Gasteiger partial charge in [-0.2, -0.15) is 0 Å². The van der Waals surface area contributed by atoms with Gasteiger partial charge >= 0.3 is 0 Å². The number of likely N-dealkylation sites (N-methyl/N-ethyl adjacent to an activating group) is 1. The van der Waals surface area contributed by atoms with Crippen molar-refractivity contribution in [3.8, 4) is 0 Å². The van der Waals surface area contributed by atoms with Crippen LogP contribution in [0.1, 0.15) is 30.4 Å². The van der Waals surface area contributed by atoms with E-state index < -0.39 is 11.6 Å². The predicted octanol–water partition coefficient (Wildman–Crippen LogP) is 1.95. The Labute approximate surface area is 114 Å². The minimum absolute atomic E-state index is 0. The Morgan fingerprint density at radius 3 is 2.78 bits per heavy atom. The van der Waals surface area contributed by atoms with Crippen molar-refractivity contribution in [2.24, 2.45) is 0 Å². The Hall–Kier alpha value is -0.900. The third-order valence-electron chi connectivity index (χ3n) is 3.69. The molecule has 100 valence electrons. The molecule has 0 aliphatic heterocycles. The van der Waals surface area contributed by atoms with Gasteiger partial charge in [-0.25, -0.2) is 0 Å². The van der Waals surface area contributed by atoms with Crippen LogP contribution in [0.4, 0.5) is 0 Å². The number of benzene rings is 1. The molecule has 1 aliphatic rings. The van der Waals surface area contributed by atoms with Crippen LogP contribution < -0.4 is 5.32 Å². The summed E-state index contributed by atoms with van der Waals surface area (Å²) < 4.78 is 0. The Morgan fingerprint density at radius 2 is 2.17 bits per heavy atom. The lowest BCUT2D eigenvalue weighted by molar-refractivity contribution is -0.137. The van der Waals surface area contributed by atoms with Gasteiger partial charge in [-0.3, -0.25) is 4.79 Å². The quantitative estimate of drug-likeness (QED) is 0.863. The topological polar surface area (TPSA) is 49.3 Å². The molecule has 1 saturated carbocycles. The lowest BCUT2D eigenvalue weighted by Gasteiger charge is -2.38. The van der Waals surface area contributed by atoms with Crippen molar-refractivity contribution in [2.45, 2.75) is 37.8 Å². The first-order chi connectivity index (χ1) is 8.10. The Morgan fingerprint density at radius 1 is 1.44 bits per heavy atom. The molecule has 0 saturated heterocycles. The molecule has 0 heterocycles. The number of ketones is 1. The van der Waals surface area contributed by atoms with Crippen LogP contribution in [0.5, 0.6) is 0 Å². The highest BCUT2D eigenvalue weighted by Crippen LogP contribution is 2.34. The molecule has 2 rings (SSSR count). The minimum atomic E-state index is -0.836. The highest BCUT2D eigenvalue weighted by Gasteiger charge is 2.44. The average molecular weight is 270 g/mol. The molecule has 1 aliphatic carbocycles. The first-order valence-electron chi connectivity index (χ1n) is 6.08. The number of carbonyl (C=O) groups excluding carboxylic acids is 1. The van der Waals surface area contributed by atoms with E-state index in [1.54, 1.807) is 7.05 Å². The van der Waals surface area contributed by atoms with Gasteiger partial charge in [0.15, 0.2) is 5.78 Å². The van der Waals surface area contributed by atoms with Crippen molar-refractivity contribution in [1.29, 1.82) is 0 Å². The number of Topliss-reactive ketones (excluding diaryl/α,β-unsaturated/α-hetero) is 1. The van der Waals surface area contributed by atoms with Crippen molar-refractivity contribution >= 4 is 18.2 Å². The summed E-state index contributed by atoms with van der Waals surface area (Å²) in [5.41, 5.74) is 1.39. The molecule has 1 aromatic carbocycles. The fraction of sp³-hybridized carbons (Fsp3) is 0.500. The number of aliphatic hydroxyl groups excluding tert-OH is 1. The van der Waals surface area contributed by atoms with Crippen LogP contribution in [0.3, 0.4) is 0 Å². The molecule has 0 amide bonds. The van der Waals surface area contributed by atoms with E-state index in [2.05, 4.69) is 5.32 Å². The van der Waals surface area contributed by atoms with E-state index in [4.69, 9.17) is 0 Å². The second-order valence-electron chi connectivity index (χ2n) is 4.80. The molecule has 1 fully saturated rings. The number of carbonyl (C=O) groups is 1. The van der Waals surface area contributed by atoms with E-state index in [-0.39, 0.29) is 18.2 Å². The zero-order valence-electron chi connectivity index (χ0n) is 10.8. The third kappa shape index (κ3) is 2.44. The molecule has 0 bridgehead atoms. The monoisotopic (exact) mass is 269 g/mol. The number of aliphatic hydroxyl groups is 1. The molecular formula is C14H20ClNO2. The van der Waals surface area contributed by atoms with Crippen LogP contribution >= 0.6 is 12.4 Å². The van der Waals surface area contributed by atoms with Gasteiger partial charge in [-0.15, -0.1) is 12.4 Å². The fourth-order valence-corrected chi connectivity index (χ4v) is 2.69. The standard InChI is InChI=1S/C14H19NO2.ClH/c1-10-5-3-6-11(9-10)14(15-2)8-4-7-12(16)13(14)17;/h3,5-6,9,12,15-16H,4,7-8H2,1-2H3;1H. The normalized spacial score (nSPS) is 27.7. The van der Waals surface area contributed by atoms with Gasteiger partial charge < -0.3 is 10.4 Å². The van der Waals surface area contributed by atoms with E-state index in [9.17, 15) is 9.90 Å². The van der Waals surface area contributed by atoms with Gasteiger partial charge in [-0.05, 0) is 38.8 Å².